The van der Waals surface area contributed by atoms with Crippen LogP contribution in [0.3, 0.4) is 0 Å². The molecule has 4 atom stereocenters. The highest BCUT2D eigenvalue weighted by Gasteiger charge is 2.46. The normalized spacial score (nSPS) is 34.6. The number of rotatable bonds is 1. The average Bonchev–Trinajstić information content (AvgIpc) is 2.84. The molecule has 0 aliphatic carbocycles. The Hall–Kier alpha value is -0.950. The SMILES string of the molecule is C=C(C)C(=O)OC.O[C@@H]1CO[C@H]2[C@@H]1OC[C@@H]2O. The van der Waals surface area contributed by atoms with Crippen molar-refractivity contribution in [2.75, 3.05) is 20.3 Å². The zero-order valence-corrected chi connectivity index (χ0v) is 9.96. The lowest BCUT2D eigenvalue weighted by atomic mass is 10.1. The Kier molecular flexibility index (Phi) is 5.07. The number of carbonyl (C=O) groups excluding carboxylic acids is 1. The first-order valence-electron chi connectivity index (χ1n) is 5.30. The van der Waals surface area contributed by atoms with Gasteiger partial charge in [-0.3, -0.25) is 0 Å². The van der Waals surface area contributed by atoms with Crippen LogP contribution in [0.15, 0.2) is 12.2 Å². The van der Waals surface area contributed by atoms with Gasteiger partial charge in [-0.1, -0.05) is 6.58 Å². The van der Waals surface area contributed by atoms with E-state index in [1.54, 1.807) is 6.92 Å². The molecule has 0 bridgehead atoms. The van der Waals surface area contributed by atoms with Crippen LogP contribution in [-0.2, 0) is 19.0 Å². The fourth-order valence-corrected chi connectivity index (χ4v) is 1.63. The van der Waals surface area contributed by atoms with Crippen molar-refractivity contribution in [3.8, 4) is 0 Å². The van der Waals surface area contributed by atoms with Gasteiger partial charge in [0.1, 0.15) is 24.4 Å². The molecular weight excluding hydrogens is 228 g/mol. The number of fused-ring (bicyclic) bond motifs is 1. The minimum atomic E-state index is -0.554. The first-order valence-corrected chi connectivity index (χ1v) is 5.30. The largest absolute Gasteiger partial charge is 0.466 e. The van der Waals surface area contributed by atoms with E-state index in [9.17, 15) is 4.79 Å². The number of hydrogen-bond donors (Lipinski definition) is 2. The monoisotopic (exact) mass is 246 g/mol. The highest BCUT2D eigenvalue weighted by molar-refractivity contribution is 5.86. The predicted octanol–water partition coefficient (Wildman–Crippen LogP) is -0.759. The molecule has 2 aliphatic heterocycles. The lowest BCUT2D eigenvalue weighted by Crippen LogP contribution is -2.30. The number of ether oxygens (including phenoxy) is 3. The number of esters is 1. The van der Waals surface area contributed by atoms with Crippen LogP contribution in [0.2, 0.25) is 0 Å². The van der Waals surface area contributed by atoms with Gasteiger partial charge in [-0.15, -0.1) is 0 Å². The van der Waals surface area contributed by atoms with E-state index in [0.29, 0.717) is 5.57 Å². The van der Waals surface area contributed by atoms with Gasteiger partial charge < -0.3 is 24.4 Å². The first kappa shape index (κ1) is 14.1. The van der Waals surface area contributed by atoms with Crippen LogP contribution in [0.5, 0.6) is 0 Å². The van der Waals surface area contributed by atoms with E-state index in [0.717, 1.165) is 0 Å². The maximum atomic E-state index is 10.2. The highest BCUT2D eigenvalue weighted by atomic mass is 16.6. The van der Waals surface area contributed by atoms with Gasteiger partial charge in [-0.25, -0.2) is 4.79 Å². The van der Waals surface area contributed by atoms with Crippen molar-refractivity contribution in [3.63, 3.8) is 0 Å². The van der Waals surface area contributed by atoms with E-state index in [1.165, 1.54) is 7.11 Å². The molecule has 0 aromatic carbocycles. The summed E-state index contributed by atoms with van der Waals surface area (Å²) in [6, 6.07) is 0. The third-order valence-electron chi connectivity index (χ3n) is 2.53. The van der Waals surface area contributed by atoms with Crippen LogP contribution in [-0.4, -0.2) is 60.9 Å². The second-order valence-corrected chi connectivity index (χ2v) is 4.00. The summed E-state index contributed by atoms with van der Waals surface area (Å²) in [4.78, 5) is 10.2. The van der Waals surface area contributed by atoms with Crippen molar-refractivity contribution in [1.29, 1.82) is 0 Å². The smallest absolute Gasteiger partial charge is 0.332 e. The second kappa shape index (κ2) is 6.11. The Bertz CT molecular complexity index is 274. The van der Waals surface area contributed by atoms with E-state index >= 15 is 0 Å². The van der Waals surface area contributed by atoms with Gasteiger partial charge in [-0.2, -0.15) is 0 Å². The summed E-state index contributed by atoms with van der Waals surface area (Å²) >= 11 is 0. The molecule has 6 nitrogen and oxygen atoms in total. The van der Waals surface area contributed by atoms with Crippen LogP contribution in [0, 0.1) is 0 Å². The molecule has 2 fully saturated rings. The molecule has 0 unspecified atom stereocenters. The summed E-state index contributed by atoms with van der Waals surface area (Å²) in [5.41, 5.74) is 0.433. The van der Waals surface area contributed by atoms with Crippen molar-refractivity contribution in [2.24, 2.45) is 0 Å². The Morgan fingerprint density at radius 3 is 1.88 bits per heavy atom. The molecule has 98 valence electrons. The van der Waals surface area contributed by atoms with Crippen LogP contribution < -0.4 is 0 Å². The van der Waals surface area contributed by atoms with Crippen molar-refractivity contribution in [1.82, 2.24) is 0 Å². The molecule has 0 radical (unpaired) electrons. The predicted molar refractivity (Wildman–Crippen MR) is 58.3 cm³/mol. The molecule has 2 aliphatic rings. The maximum absolute atomic E-state index is 10.2. The lowest BCUT2D eigenvalue weighted by molar-refractivity contribution is -0.136. The molecule has 0 spiro atoms. The van der Waals surface area contributed by atoms with Crippen LogP contribution in [0.1, 0.15) is 6.92 Å². The molecule has 2 saturated heterocycles. The lowest BCUT2D eigenvalue weighted by Gasteiger charge is -2.09. The zero-order valence-electron chi connectivity index (χ0n) is 9.96. The Morgan fingerprint density at radius 2 is 1.65 bits per heavy atom. The fourth-order valence-electron chi connectivity index (χ4n) is 1.63. The molecule has 2 heterocycles. The summed E-state index contributed by atoms with van der Waals surface area (Å²) in [7, 11) is 1.33. The van der Waals surface area contributed by atoms with Gasteiger partial charge in [-0.05, 0) is 6.92 Å². The van der Waals surface area contributed by atoms with Gasteiger partial charge in [0.15, 0.2) is 0 Å². The third kappa shape index (κ3) is 3.50. The molecule has 0 aromatic rings. The summed E-state index contributed by atoms with van der Waals surface area (Å²) in [6.45, 7) is 5.52. The third-order valence-corrected chi connectivity index (χ3v) is 2.53. The van der Waals surface area contributed by atoms with E-state index in [2.05, 4.69) is 11.3 Å². The maximum Gasteiger partial charge on any atom is 0.332 e. The van der Waals surface area contributed by atoms with Gasteiger partial charge in [0, 0.05) is 5.57 Å². The number of aliphatic hydroxyl groups is 2. The van der Waals surface area contributed by atoms with Crippen molar-refractivity contribution in [2.45, 2.75) is 31.3 Å². The summed E-state index contributed by atoms with van der Waals surface area (Å²) in [5, 5.41) is 18.3. The standard InChI is InChI=1S/C6H10O4.C5H8O2/c7-3-1-9-6-4(8)2-10-5(3)6;1-4(2)5(6)7-3/h3-8H,1-2H2;1H2,2-3H3/t3-,4+,5-,6-;/m1./s1. The molecule has 2 N–H and O–H groups in total. The number of methoxy groups -OCH3 is 1. The number of aliphatic hydroxyl groups excluding tert-OH is 2. The summed E-state index contributed by atoms with van der Waals surface area (Å²) < 4.78 is 14.4. The van der Waals surface area contributed by atoms with Gasteiger partial charge in [0.2, 0.25) is 0 Å². The minimum Gasteiger partial charge on any atom is -0.466 e. The number of carbonyl (C=O) groups is 1. The average molecular weight is 246 g/mol. The Balaban J connectivity index is 0.000000185. The van der Waals surface area contributed by atoms with E-state index in [-0.39, 0.29) is 31.4 Å². The summed E-state index contributed by atoms with van der Waals surface area (Å²) in [6.07, 6.45) is -1.70. The molecule has 2 rings (SSSR count). The molecular formula is C11H18O6. The molecule has 0 amide bonds. The van der Waals surface area contributed by atoms with Gasteiger partial charge >= 0.3 is 5.97 Å². The molecule has 6 heteroatoms. The molecule has 0 saturated carbocycles. The molecule has 17 heavy (non-hydrogen) atoms. The van der Waals surface area contributed by atoms with E-state index in [1.807, 2.05) is 0 Å². The van der Waals surface area contributed by atoms with Gasteiger partial charge in [0.25, 0.3) is 0 Å². The Morgan fingerprint density at radius 1 is 1.24 bits per heavy atom. The second-order valence-electron chi connectivity index (χ2n) is 4.00. The van der Waals surface area contributed by atoms with Gasteiger partial charge in [0.05, 0.1) is 20.3 Å². The highest BCUT2D eigenvalue weighted by Crippen LogP contribution is 2.26. The topological polar surface area (TPSA) is 85.2 Å². The molecule has 0 aromatic heterocycles. The van der Waals surface area contributed by atoms with Crippen molar-refractivity contribution < 1.29 is 29.2 Å². The summed E-state index contributed by atoms with van der Waals surface area (Å²) in [5.74, 6) is -0.347. The van der Waals surface area contributed by atoms with E-state index in [4.69, 9.17) is 19.7 Å². The quantitative estimate of drug-likeness (QED) is 0.467. The van der Waals surface area contributed by atoms with Crippen molar-refractivity contribution in [3.05, 3.63) is 12.2 Å². The van der Waals surface area contributed by atoms with Crippen molar-refractivity contribution >= 4 is 5.97 Å². The zero-order chi connectivity index (χ0) is 13.0. The van der Waals surface area contributed by atoms with Crippen LogP contribution in [0.25, 0.3) is 0 Å². The minimum absolute atomic E-state index is 0.284. The van der Waals surface area contributed by atoms with Crippen LogP contribution in [0.4, 0.5) is 0 Å². The van der Waals surface area contributed by atoms with E-state index < -0.39 is 12.2 Å². The van der Waals surface area contributed by atoms with Crippen LogP contribution >= 0.6 is 0 Å². The Labute approximate surface area is 99.8 Å². The fraction of sp³-hybridized carbons (Fsp3) is 0.727. The first-order chi connectivity index (χ1) is 7.97. The number of hydrogen-bond acceptors (Lipinski definition) is 6.